The van der Waals surface area contributed by atoms with Crippen molar-refractivity contribution in [2.24, 2.45) is 0 Å². The molecule has 1 rings (SSSR count). The van der Waals surface area contributed by atoms with Crippen LogP contribution in [0.1, 0.15) is 78.7 Å². The molecule has 0 aliphatic heterocycles. The van der Waals surface area contributed by atoms with Crippen LogP contribution in [0.15, 0.2) is 30.3 Å². The first-order valence-corrected chi connectivity index (χ1v) is 10.3. The van der Waals surface area contributed by atoms with Crippen molar-refractivity contribution < 1.29 is 8.42 Å². The average Bonchev–Trinajstić information content (AvgIpc) is 2.50. The van der Waals surface area contributed by atoms with Gasteiger partial charge in [-0.25, -0.2) is 13.1 Å². The van der Waals surface area contributed by atoms with E-state index in [2.05, 4.69) is 18.6 Å². The van der Waals surface area contributed by atoms with Gasteiger partial charge in [0.15, 0.2) is 0 Å². The van der Waals surface area contributed by atoms with E-state index in [0.29, 0.717) is 0 Å². The standard InChI is InChI=1S/C19H33NO2S/c1-6-8-9-13-16-19(7-2,17-14-11-10-12-15-17)20-23(21,22)18(3,4)5/h10-12,14-15,20H,6-9,13,16H2,1-5H3/t19-/m1/s1. The van der Waals surface area contributed by atoms with Crippen molar-refractivity contribution in [3.8, 4) is 0 Å². The molecule has 0 aliphatic rings. The second-order valence-corrected chi connectivity index (χ2v) is 9.77. The predicted molar refractivity (Wildman–Crippen MR) is 99.0 cm³/mol. The number of benzene rings is 1. The van der Waals surface area contributed by atoms with Crippen LogP contribution in [0, 0.1) is 0 Å². The molecular formula is C19H33NO2S. The zero-order valence-electron chi connectivity index (χ0n) is 15.4. The summed E-state index contributed by atoms with van der Waals surface area (Å²) in [5.41, 5.74) is 0.549. The van der Waals surface area contributed by atoms with Crippen LogP contribution in [0.25, 0.3) is 0 Å². The fraction of sp³-hybridized carbons (Fsp3) is 0.684. The van der Waals surface area contributed by atoms with E-state index in [1.165, 1.54) is 12.8 Å². The summed E-state index contributed by atoms with van der Waals surface area (Å²) in [7, 11) is -3.41. The van der Waals surface area contributed by atoms with Crippen LogP contribution < -0.4 is 4.72 Å². The summed E-state index contributed by atoms with van der Waals surface area (Å²) in [5, 5.41) is 0. The molecule has 0 aromatic heterocycles. The van der Waals surface area contributed by atoms with Gasteiger partial charge in [0.05, 0.1) is 10.3 Å². The summed E-state index contributed by atoms with van der Waals surface area (Å²) in [6, 6.07) is 10.0. The number of hydrogen-bond donors (Lipinski definition) is 1. The van der Waals surface area contributed by atoms with E-state index in [1.807, 2.05) is 30.3 Å². The van der Waals surface area contributed by atoms with Crippen LogP contribution >= 0.6 is 0 Å². The molecule has 4 heteroatoms. The van der Waals surface area contributed by atoms with Crippen molar-refractivity contribution in [1.29, 1.82) is 0 Å². The SMILES string of the molecule is CCCCCC[C@@](CC)(NS(=O)(=O)C(C)(C)C)c1ccccc1. The maximum atomic E-state index is 12.8. The molecular weight excluding hydrogens is 306 g/mol. The van der Waals surface area contributed by atoms with Gasteiger partial charge >= 0.3 is 0 Å². The average molecular weight is 340 g/mol. The van der Waals surface area contributed by atoms with Crippen LogP contribution in [-0.2, 0) is 15.6 Å². The molecule has 0 saturated heterocycles. The summed E-state index contributed by atoms with van der Waals surface area (Å²) in [6.45, 7) is 9.50. The Bertz CT molecular complexity index is 561. The zero-order chi connectivity index (χ0) is 17.6. The molecule has 0 saturated carbocycles. The van der Waals surface area contributed by atoms with Gasteiger partial charge in [-0.2, -0.15) is 0 Å². The lowest BCUT2D eigenvalue weighted by molar-refractivity contribution is 0.331. The summed E-state index contributed by atoms with van der Waals surface area (Å²) >= 11 is 0. The summed E-state index contributed by atoms with van der Waals surface area (Å²) in [4.78, 5) is 0. The molecule has 0 bridgehead atoms. The molecule has 0 unspecified atom stereocenters. The molecule has 0 amide bonds. The lowest BCUT2D eigenvalue weighted by atomic mass is 9.83. The van der Waals surface area contributed by atoms with E-state index in [0.717, 1.165) is 31.2 Å². The van der Waals surface area contributed by atoms with E-state index in [1.54, 1.807) is 20.8 Å². The Balaban J connectivity index is 3.14. The second-order valence-electron chi connectivity index (χ2n) is 7.33. The van der Waals surface area contributed by atoms with Gasteiger partial charge in [0.25, 0.3) is 0 Å². The second kappa shape index (κ2) is 8.29. The lowest BCUT2D eigenvalue weighted by Gasteiger charge is -2.37. The number of hydrogen-bond acceptors (Lipinski definition) is 2. The quantitative estimate of drug-likeness (QED) is 0.645. The highest BCUT2D eigenvalue weighted by Gasteiger charge is 2.39. The van der Waals surface area contributed by atoms with Crippen molar-refractivity contribution >= 4 is 10.0 Å². The maximum Gasteiger partial charge on any atom is 0.217 e. The molecule has 0 radical (unpaired) electrons. The van der Waals surface area contributed by atoms with E-state index < -0.39 is 20.3 Å². The van der Waals surface area contributed by atoms with Crippen LogP contribution in [0.5, 0.6) is 0 Å². The Morgan fingerprint density at radius 1 is 0.957 bits per heavy atom. The van der Waals surface area contributed by atoms with Crippen LogP contribution in [0.4, 0.5) is 0 Å². The van der Waals surface area contributed by atoms with Gasteiger partial charge in [0, 0.05) is 0 Å². The third-order valence-corrected chi connectivity index (χ3v) is 6.79. The van der Waals surface area contributed by atoms with E-state index in [9.17, 15) is 8.42 Å². The minimum absolute atomic E-state index is 0.513. The molecule has 1 aromatic carbocycles. The number of unbranched alkanes of at least 4 members (excludes halogenated alkanes) is 3. The summed E-state index contributed by atoms with van der Waals surface area (Å²) < 4.78 is 27.8. The Kier molecular flexibility index (Phi) is 7.28. The Hall–Kier alpha value is -0.870. The smallest absolute Gasteiger partial charge is 0.212 e. The molecule has 1 aromatic rings. The molecule has 0 heterocycles. The van der Waals surface area contributed by atoms with Crippen LogP contribution in [0.2, 0.25) is 0 Å². The van der Waals surface area contributed by atoms with Crippen molar-refractivity contribution in [2.75, 3.05) is 0 Å². The monoisotopic (exact) mass is 339 g/mol. The topological polar surface area (TPSA) is 46.2 Å². The largest absolute Gasteiger partial charge is 0.217 e. The fourth-order valence-corrected chi connectivity index (χ4v) is 3.91. The van der Waals surface area contributed by atoms with Crippen molar-refractivity contribution in [3.63, 3.8) is 0 Å². The van der Waals surface area contributed by atoms with Gasteiger partial charge in [0.2, 0.25) is 10.0 Å². The first-order chi connectivity index (χ1) is 10.7. The molecule has 23 heavy (non-hydrogen) atoms. The maximum absolute atomic E-state index is 12.8. The van der Waals surface area contributed by atoms with Crippen molar-refractivity contribution in [3.05, 3.63) is 35.9 Å². The molecule has 1 atom stereocenters. The highest BCUT2D eigenvalue weighted by atomic mass is 32.2. The van der Waals surface area contributed by atoms with Crippen molar-refractivity contribution in [1.82, 2.24) is 4.72 Å². The normalized spacial score (nSPS) is 15.3. The van der Waals surface area contributed by atoms with Gasteiger partial charge in [-0.05, 0) is 39.2 Å². The Labute approximate surface area is 142 Å². The van der Waals surface area contributed by atoms with Crippen LogP contribution in [-0.4, -0.2) is 13.2 Å². The molecule has 1 N–H and O–H groups in total. The van der Waals surface area contributed by atoms with Gasteiger partial charge in [0.1, 0.15) is 0 Å². The third-order valence-electron chi connectivity index (χ3n) is 4.52. The first-order valence-electron chi connectivity index (χ1n) is 8.77. The number of nitrogens with one attached hydrogen (secondary N) is 1. The number of rotatable bonds is 9. The van der Waals surface area contributed by atoms with Gasteiger partial charge in [-0.1, -0.05) is 69.9 Å². The Morgan fingerprint density at radius 2 is 1.57 bits per heavy atom. The predicted octanol–water partition coefficient (Wildman–Crippen LogP) is 4.98. The van der Waals surface area contributed by atoms with Gasteiger partial charge < -0.3 is 0 Å². The minimum atomic E-state index is -3.41. The lowest BCUT2D eigenvalue weighted by Crippen LogP contribution is -2.51. The van der Waals surface area contributed by atoms with Gasteiger partial charge in [-0.15, -0.1) is 0 Å². The van der Waals surface area contributed by atoms with E-state index >= 15 is 0 Å². The molecule has 0 aliphatic carbocycles. The summed E-state index contributed by atoms with van der Waals surface area (Å²) in [6.07, 6.45) is 6.13. The summed E-state index contributed by atoms with van der Waals surface area (Å²) in [5.74, 6) is 0. The van der Waals surface area contributed by atoms with E-state index in [-0.39, 0.29) is 0 Å². The molecule has 0 spiro atoms. The van der Waals surface area contributed by atoms with E-state index in [4.69, 9.17) is 0 Å². The molecule has 0 fully saturated rings. The van der Waals surface area contributed by atoms with Crippen LogP contribution in [0.3, 0.4) is 0 Å². The zero-order valence-corrected chi connectivity index (χ0v) is 16.2. The van der Waals surface area contributed by atoms with Crippen molar-refractivity contribution in [2.45, 2.75) is 83.4 Å². The van der Waals surface area contributed by atoms with Gasteiger partial charge in [-0.3, -0.25) is 0 Å². The number of sulfonamides is 1. The fourth-order valence-electron chi connectivity index (χ4n) is 2.73. The first kappa shape index (κ1) is 20.2. The molecule has 3 nitrogen and oxygen atoms in total. The minimum Gasteiger partial charge on any atom is -0.212 e. The molecule has 132 valence electrons. The Morgan fingerprint density at radius 3 is 2.04 bits per heavy atom. The highest BCUT2D eigenvalue weighted by molar-refractivity contribution is 7.90. The third kappa shape index (κ3) is 5.32. The highest BCUT2D eigenvalue weighted by Crippen LogP contribution is 2.33.